The standard InChI is InChI=1S/C17H16ClNO3S/c1-10-7-14(20)16(17(21)22-10)13-9-15(23-6-5-19-13)11-3-2-4-12(18)8-11/h2-4,7-8,15,20H,5-6,9H2,1H3/t15-/m1/s1. The highest BCUT2D eigenvalue weighted by molar-refractivity contribution is 7.99. The Labute approximate surface area is 143 Å². The van der Waals surface area contributed by atoms with Gasteiger partial charge < -0.3 is 9.52 Å². The lowest BCUT2D eigenvalue weighted by Crippen LogP contribution is -2.17. The molecule has 1 aromatic carbocycles. The topological polar surface area (TPSA) is 62.8 Å². The van der Waals surface area contributed by atoms with Crippen LogP contribution in [0.2, 0.25) is 5.02 Å². The first kappa shape index (κ1) is 16.1. The molecule has 0 spiro atoms. The molecule has 0 unspecified atom stereocenters. The van der Waals surface area contributed by atoms with E-state index in [2.05, 4.69) is 4.99 Å². The van der Waals surface area contributed by atoms with Crippen molar-refractivity contribution in [2.75, 3.05) is 12.3 Å². The van der Waals surface area contributed by atoms with Gasteiger partial charge in [0.05, 0.1) is 5.71 Å². The van der Waals surface area contributed by atoms with Gasteiger partial charge in [0.1, 0.15) is 17.1 Å². The van der Waals surface area contributed by atoms with Crippen LogP contribution in [0.1, 0.15) is 28.6 Å². The molecule has 3 rings (SSSR count). The molecular formula is C17H16ClNO3S. The number of rotatable bonds is 2. The zero-order chi connectivity index (χ0) is 16.4. The number of benzene rings is 1. The third-order valence-corrected chi connectivity index (χ3v) is 5.15. The largest absolute Gasteiger partial charge is 0.507 e. The third kappa shape index (κ3) is 3.62. The maximum atomic E-state index is 12.1. The van der Waals surface area contributed by atoms with E-state index < -0.39 is 5.63 Å². The van der Waals surface area contributed by atoms with Crippen LogP contribution in [0.4, 0.5) is 0 Å². The van der Waals surface area contributed by atoms with Gasteiger partial charge in [0.15, 0.2) is 0 Å². The molecule has 2 aromatic rings. The fourth-order valence-electron chi connectivity index (χ4n) is 2.64. The highest BCUT2D eigenvalue weighted by Gasteiger charge is 2.23. The van der Waals surface area contributed by atoms with E-state index in [1.54, 1.807) is 18.7 Å². The summed E-state index contributed by atoms with van der Waals surface area (Å²) in [6.07, 6.45) is 0.548. The molecule has 0 fully saturated rings. The van der Waals surface area contributed by atoms with Gasteiger partial charge in [0.2, 0.25) is 0 Å². The van der Waals surface area contributed by atoms with Crippen molar-refractivity contribution in [3.63, 3.8) is 0 Å². The lowest BCUT2D eigenvalue weighted by molar-refractivity contribution is 0.432. The molecule has 23 heavy (non-hydrogen) atoms. The SMILES string of the molecule is Cc1cc(O)c(C2=NCCS[C@@H](c3cccc(Cl)c3)C2)c(=O)o1. The number of thioether (sulfide) groups is 1. The summed E-state index contributed by atoms with van der Waals surface area (Å²) in [5, 5.41) is 11.0. The van der Waals surface area contributed by atoms with E-state index in [-0.39, 0.29) is 16.6 Å². The number of aromatic hydroxyl groups is 1. The summed E-state index contributed by atoms with van der Waals surface area (Å²) in [5.41, 5.74) is 1.31. The van der Waals surface area contributed by atoms with E-state index >= 15 is 0 Å². The van der Waals surface area contributed by atoms with Gasteiger partial charge in [-0.05, 0) is 24.6 Å². The van der Waals surface area contributed by atoms with Gasteiger partial charge >= 0.3 is 5.63 Å². The normalized spacial score (nSPS) is 18.3. The smallest absolute Gasteiger partial charge is 0.348 e. The Morgan fingerprint density at radius 2 is 2.22 bits per heavy atom. The fourth-order valence-corrected chi connectivity index (χ4v) is 3.93. The molecule has 1 aliphatic heterocycles. The van der Waals surface area contributed by atoms with Crippen molar-refractivity contribution in [1.29, 1.82) is 0 Å². The third-order valence-electron chi connectivity index (χ3n) is 3.65. The maximum Gasteiger partial charge on any atom is 0.348 e. The van der Waals surface area contributed by atoms with Crippen molar-refractivity contribution in [2.24, 2.45) is 4.99 Å². The molecule has 1 atom stereocenters. The molecule has 0 bridgehead atoms. The summed E-state index contributed by atoms with van der Waals surface area (Å²) < 4.78 is 5.12. The molecule has 2 heterocycles. The Kier molecular flexibility index (Phi) is 4.78. The lowest BCUT2D eigenvalue weighted by atomic mass is 10.0. The summed E-state index contributed by atoms with van der Waals surface area (Å²) in [7, 11) is 0. The average Bonchev–Trinajstić information content (AvgIpc) is 2.72. The van der Waals surface area contributed by atoms with Crippen molar-refractivity contribution in [3.8, 4) is 5.75 Å². The number of hydrogen-bond donors (Lipinski definition) is 1. The number of hydrogen-bond acceptors (Lipinski definition) is 5. The van der Waals surface area contributed by atoms with Gasteiger partial charge in [-0.3, -0.25) is 4.99 Å². The molecule has 1 aliphatic rings. The number of halogens is 1. The second kappa shape index (κ2) is 6.81. The van der Waals surface area contributed by atoms with Gasteiger partial charge in [0.25, 0.3) is 0 Å². The lowest BCUT2D eigenvalue weighted by Gasteiger charge is -2.16. The zero-order valence-corrected chi connectivity index (χ0v) is 14.2. The van der Waals surface area contributed by atoms with Crippen LogP contribution in [0, 0.1) is 6.92 Å². The van der Waals surface area contributed by atoms with Crippen LogP contribution in [0.3, 0.4) is 0 Å². The molecule has 6 heteroatoms. The van der Waals surface area contributed by atoms with Gasteiger partial charge in [0, 0.05) is 35.1 Å². The first-order valence-electron chi connectivity index (χ1n) is 7.29. The van der Waals surface area contributed by atoms with Gasteiger partial charge in [-0.2, -0.15) is 11.8 Å². The fraction of sp³-hybridized carbons (Fsp3) is 0.294. The first-order valence-corrected chi connectivity index (χ1v) is 8.72. The molecule has 1 aromatic heterocycles. The van der Waals surface area contributed by atoms with Crippen LogP contribution in [0.5, 0.6) is 5.75 Å². The minimum absolute atomic E-state index is 0.0748. The molecule has 0 saturated carbocycles. The van der Waals surface area contributed by atoms with Crippen LogP contribution in [0.25, 0.3) is 0 Å². The van der Waals surface area contributed by atoms with E-state index in [1.165, 1.54) is 6.07 Å². The minimum atomic E-state index is -0.544. The molecule has 4 nitrogen and oxygen atoms in total. The number of aryl methyl sites for hydroxylation is 1. The van der Waals surface area contributed by atoms with Gasteiger partial charge in [-0.25, -0.2) is 4.79 Å². The van der Waals surface area contributed by atoms with Crippen molar-refractivity contribution < 1.29 is 9.52 Å². The van der Waals surface area contributed by atoms with Crippen molar-refractivity contribution in [3.05, 3.63) is 62.7 Å². The molecule has 0 saturated heterocycles. The highest BCUT2D eigenvalue weighted by atomic mass is 35.5. The van der Waals surface area contributed by atoms with Crippen LogP contribution in [0.15, 0.2) is 44.5 Å². The van der Waals surface area contributed by atoms with E-state index in [0.29, 0.717) is 29.5 Å². The Morgan fingerprint density at radius 1 is 1.39 bits per heavy atom. The summed E-state index contributed by atoms with van der Waals surface area (Å²) in [5.74, 6) is 1.15. The van der Waals surface area contributed by atoms with Gasteiger partial charge in [-0.15, -0.1) is 0 Å². The monoisotopic (exact) mass is 349 g/mol. The van der Waals surface area contributed by atoms with Crippen molar-refractivity contribution >= 4 is 29.1 Å². The van der Waals surface area contributed by atoms with Gasteiger partial charge in [-0.1, -0.05) is 23.7 Å². The minimum Gasteiger partial charge on any atom is -0.507 e. The second-order valence-electron chi connectivity index (χ2n) is 5.35. The Morgan fingerprint density at radius 3 is 2.96 bits per heavy atom. The molecule has 1 N–H and O–H groups in total. The zero-order valence-electron chi connectivity index (χ0n) is 12.6. The summed E-state index contributed by atoms with van der Waals surface area (Å²) in [4.78, 5) is 16.6. The average molecular weight is 350 g/mol. The molecule has 0 aliphatic carbocycles. The maximum absolute atomic E-state index is 12.1. The molecular weight excluding hydrogens is 334 g/mol. The van der Waals surface area contributed by atoms with E-state index in [9.17, 15) is 9.90 Å². The highest BCUT2D eigenvalue weighted by Crippen LogP contribution is 2.36. The Hall–Kier alpha value is -1.72. The first-order chi connectivity index (χ1) is 11.0. The van der Waals surface area contributed by atoms with Crippen LogP contribution in [-0.2, 0) is 0 Å². The predicted molar refractivity (Wildman–Crippen MR) is 94.1 cm³/mol. The molecule has 0 radical (unpaired) electrons. The van der Waals surface area contributed by atoms with Crippen molar-refractivity contribution in [2.45, 2.75) is 18.6 Å². The van der Waals surface area contributed by atoms with E-state index in [0.717, 1.165) is 11.3 Å². The van der Waals surface area contributed by atoms with E-state index in [1.807, 2.05) is 24.3 Å². The predicted octanol–water partition coefficient (Wildman–Crippen LogP) is 3.97. The number of nitrogens with zero attached hydrogens (tertiary/aromatic N) is 1. The van der Waals surface area contributed by atoms with E-state index in [4.69, 9.17) is 16.0 Å². The Bertz CT molecular complexity index is 816. The van der Waals surface area contributed by atoms with Crippen LogP contribution in [-0.4, -0.2) is 23.1 Å². The Balaban J connectivity index is 1.97. The summed E-state index contributed by atoms with van der Waals surface area (Å²) in [6.45, 7) is 2.23. The summed E-state index contributed by atoms with van der Waals surface area (Å²) in [6, 6.07) is 9.15. The van der Waals surface area contributed by atoms with Crippen LogP contribution < -0.4 is 5.63 Å². The quantitative estimate of drug-likeness (QED) is 0.890. The molecule has 120 valence electrons. The molecule has 0 amide bonds. The number of aliphatic imine (C=N–C) groups is 1. The second-order valence-corrected chi connectivity index (χ2v) is 7.10. The summed E-state index contributed by atoms with van der Waals surface area (Å²) >= 11 is 7.85. The van der Waals surface area contributed by atoms with Crippen molar-refractivity contribution in [1.82, 2.24) is 0 Å². The van der Waals surface area contributed by atoms with Crippen LogP contribution >= 0.6 is 23.4 Å².